The summed E-state index contributed by atoms with van der Waals surface area (Å²) in [6.07, 6.45) is 8.72. The van der Waals surface area contributed by atoms with E-state index < -0.39 is 0 Å². The van der Waals surface area contributed by atoms with Gasteiger partial charge in [0.05, 0.1) is 0 Å². The number of allylic oxidation sites excluding steroid dienone is 3. The zero-order chi connectivity index (χ0) is 7.28. The minimum absolute atomic E-state index is 0.667. The molecule has 0 aromatic rings. The van der Waals surface area contributed by atoms with Crippen molar-refractivity contribution in [2.75, 3.05) is 0 Å². The molecular weight excluding hydrogens is 110 g/mol. The van der Waals surface area contributed by atoms with Crippen LogP contribution < -0.4 is 5.73 Å². The molecule has 0 heterocycles. The van der Waals surface area contributed by atoms with Gasteiger partial charge in [-0.2, -0.15) is 0 Å². The van der Waals surface area contributed by atoms with E-state index >= 15 is 0 Å². The highest BCUT2D eigenvalue weighted by molar-refractivity contribution is 5.41. The topological polar surface area (TPSA) is 26.0 Å². The van der Waals surface area contributed by atoms with Crippen LogP contribution in [0.5, 0.6) is 0 Å². The Morgan fingerprint density at radius 1 is 1.44 bits per heavy atom. The Kier molecular flexibility index (Phi) is 3.31. The fourth-order valence-corrected chi connectivity index (χ4v) is 0.489. The van der Waals surface area contributed by atoms with Crippen molar-refractivity contribution < 1.29 is 0 Å². The molecule has 0 aromatic heterocycles. The van der Waals surface area contributed by atoms with E-state index in [4.69, 9.17) is 12.2 Å². The van der Waals surface area contributed by atoms with Gasteiger partial charge in [0.15, 0.2) is 0 Å². The molecule has 0 atom stereocenters. The van der Waals surface area contributed by atoms with E-state index in [9.17, 15) is 0 Å². The molecule has 0 saturated carbocycles. The van der Waals surface area contributed by atoms with E-state index in [2.05, 4.69) is 5.92 Å². The lowest BCUT2D eigenvalue weighted by Crippen LogP contribution is -1.97. The molecule has 9 heavy (non-hydrogen) atoms. The molecule has 0 aliphatic carbocycles. The van der Waals surface area contributed by atoms with Gasteiger partial charge in [-0.05, 0) is 13.8 Å². The molecular formula is C8H11N. The zero-order valence-corrected chi connectivity index (χ0v) is 5.81. The molecule has 0 fully saturated rings. The molecule has 0 radical (unpaired) electrons. The third kappa shape index (κ3) is 2.05. The summed E-state index contributed by atoms with van der Waals surface area (Å²) < 4.78 is 0. The molecule has 0 aliphatic heterocycles. The van der Waals surface area contributed by atoms with Crippen LogP contribution in [-0.4, -0.2) is 0 Å². The van der Waals surface area contributed by atoms with Crippen LogP contribution in [0, 0.1) is 12.3 Å². The molecule has 0 aromatic carbocycles. The fraction of sp³-hybridized carbons (Fsp3) is 0.250. The summed E-state index contributed by atoms with van der Waals surface area (Å²) in [7, 11) is 0. The van der Waals surface area contributed by atoms with Crippen molar-refractivity contribution in [1.82, 2.24) is 0 Å². The lowest BCUT2D eigenvalue weighted by Gasteiger charge is -1.94. The Morgan fingerprint density at radius 3 is 2.11 bits per heavy atom. The van der Waals surface area contributed by atoms with E-state index in [-0.39, 0.29) is 0 Å². The van der Waals surface area contributed by atoms with Gasteiger partial charge >= 0.3 is 0 Å². The number of hydrogen-bond acceptors (Lipinski definition) is 1. The van der Waals surface area contributed by atoms with Gasteiger partial charge in [0, 0.05) is 11.3 Å². The summed E-state index contributed by atoms with van der Waals surface area (Å²) in [6.45, 7) is 3.72. The molecule has 0 saturated heterocycles. The highest BCUT2D eigenvalue weighted by Gasteiger charge is 1.89. The first kappa shape index (κ1) is 7.84. The molecule has 0 bridgehead atoms. The van der Waals surface area contributed by atoms with Crippen molar-refractivity contribution in [3.05, 3.63) is 23.4 Å². The summed E-state index contributed by atoms with van der Waals surface area (Å²) in [4.78, 5) is 0. The maximum atomic E-state index is 5.49. The maximum Gasteiger partial charge on any atom is 0.0426 e. The van der Waals surface area contributed by atoms with Crippen LogP contribution in [0.4, 0.5) is 0 Å². The molecule has 1 nitrogen and oxygen atoms in total. The van der Waals surface area contributed by atoms with Crippen molar-refractivity contribution in [1.29, 1.82) is 0 Å². The number of terminal acetylenes is 1. The molecule has 0 unspecified atom stereocenters. The largest absolute Gasteiger partial charge is 0.398 e. The Bertz CT molecular complexity index is 179. The highest BCUT2D eigenvalue weighted by Crippen LogP contribution is 1.99. The molecule has 0 spiro atoms. The van der Waals surface area contributed by atoms with Crippen LogP contribution in [0.2, 0.25) is 0 Å². The third-order valence-electron chi connectivity index (χ3n) is 1.07. The Morgan fingerprint density at radius 2 is 2.00 bits per heavy atom. The van der Waals surface area contributed by atoms with Crippen LogP contribution in [0.25, 0.3) is 0 Å². The monoisotopic (exact) mass is 121 g/mol. The first-order chi connectivity index (χ1) is 4.26. The molecule has 1 heteroatoms. The first-order valence-electron chi connectivity index (χ1n) is 2.81. The maximum absolute atomic E-state index is 5.49. The van der Waals surface area contributed by atoms with Crippen LogP contribution >= 0.6 is 0 Å². The first-order valence-corrected chi connectivity index (χ1v) is 2.81. The second-order valence-electron chi connectivity index (χ2n) is 1.59. The number of nitrogens with two attached hydrogens (primary N) is 1. The van der Waals surface area contributed by atoms with E-state index in [1.165, 1.54) is 0 Å². The number of hydrogen-bond donors (Lipinski definition) is 1. The van der Waals surface area contributed by atoms with Crippen molar-refractivity contribution in [3.8, 4) is 12.3 Å². The molecule has 0 aliphatic rings. The molecule has 0 rings (SSSR count). The third-order valence-corrected chi connectivity index (χ3v) is 1.07. The quantitative estimate of drug-likeness (QED) is 0.412. The standard InChI is InChI=1S/C8H11N/c1-4-7(5-2)8(9)6-3/h1,5-6H,9H2,2-3H3/b7-5-,8-6+. The second kappa shape index (κ2) is 3.80. The SMILES string of the molecule is C#CC(=C/C)/C(N)=C\C. The van der Waals surface area contributed by atoms with E-state index in [0.717, 1.165) is 5.57 Å². The van der Waals surface area contributed by atoms with Crippen LogP contribution in [0.1, 0.15) is 13.8 Å². The Hall–Kier alpha value is -1.16. The summed E-state index contributed by atoms with van der Waals surface area (Å²) >= 11 is 0. The van der Waals surface area contributed by atoms with E-state index in [1.54, 1.807) is 6.08 Å². The summed E-state index contributed by atoms with van der Waals surface area (Å²) in [5, 5.41) is 0. The van der Waals surface area contributed by atoms with E-state index in [1.807, 2.05) is 19.9 Å². The van der Waals surface area contributed by atoms with Gasteiger partial charge < -0.3 is 5.73 Å². The van der Waals surface area contributed by atoms with Gasteiger partial charge in [-0.3, -0.25) is 0 Å². The molecule has 48 valence electrons. The smallest absolute Gasteiger partial charge is 0.0426 e. The zero-order valence-electron chi connectivity index (χ0n) is 5.81. The summed E-state index contributed by atoms with van der Waals surface area (Å²) in [5.74, 6) is 2.47. The van der Waals surface area contributed by atoms with Gasteiger partial charge in [-0.25, -0.2) is 0 Å². The predicted octanol–water partition coefficient (Wildman–Crippen LogP) is 1.43. The fourth-order valence-electron chi connectivity index (χ4n) is 0.489. The summed E-state index contributed by atoms with van der Waals surface area (Å²) in [6, 6.07) is 0. The van der Waals surface area contributed by atoms with E-state index in [0.29, 0.717) is 5.70 Å². The van der Waals surface area contributed by atoms with Gasteiger partial charge in [0.25, 0.3) is 0 Å². The average molecular weight is 121 g/mol. The summed E-state index contributed by atoms with van der Waals surface area (Å²) in [5.41, 5.74) is 6.92. The predicted molar refractivity (Wildman–Crippen MR) is 40.5 cm³/mol. The Labute approximate surface area is 56.3 Å². The number of rotatable bonds is 1. The van der Waals surface area contributed by atoms with Crippen molar-refractivity contribution >= 4 is 0 Å². The van der Waals surface area contributed by atoms with Gasteiger partial charge in [-0.1, -0.05) is 18.1 Å². The van der Waals surface area contributed by atoms with Gasteiger partial charge in [0.2, 0.25) is 0 Å². The molecule has 2 N–H and O–H groups in total. The Balaban J connectivity index is 4.39. The van der Waals surface area contributed by atoms with Crippen molar-refractivity contribution in [2.45, 2.75) is 13.8 Å². The minimum atomic E-state index is 0.667. The van der Waals surface area contributed by atoms with Crippen LogP contribution in [0.3, 0.4) is 0 Å². The molecule has 0 amide bonds. The average Bonchev–Trinajstić information content (AvgIpc) is 1.90. The lowest BCUT2D eigenvalue weighted by atomic mass is 10.2. The second-order valence-corrected chi connectivity index (χ2v) is 1.59. The van der Waals surface area contributed by atoms with Crippen molar-refractivity contribution in [3.63, 3.8) is 0 Å². The highest BCUT2D eigenvalue weighted by atomic mass is 14.6. The lowest BCUT2D eigenvalue weighted by molar-refractivity contribution is 1.34. The van der Waals surface area contributed by atoms with Gasteiger partial charge in [-0.15, -0.1) is 6.42 Å². The normalized spacial score (nSPS) is 13.0. The van der Waals surface area contributed by atoms with Crippen LogP contribution in [0.15, 0.2) is 23.4 Å². The van der Waals surface area contributed by atoms with Gasteiger partial charge in [0.1, 0.15) is 0 Å². The van der Waals surface area contributed by atoms with Crippen LogP contribution in [-0.2, 0) is 0 Å². The van der Waals surface area contributed by atoms with Crippen molar-refractivity contribution in [2.24, 2.45) is 5.73 Å². The minimum Gasteiger partial charge on any atom is -0.398 e.